The molecule has 2 aliphatic rings. The van der Waals surface area contributed by atoms with Crippen molar-refractivity contribution in [1.29, 1.82) is 0 Å². The zero-order valence-corrected chi connectivity index (χ0v) is 10.2. The van der Waals surface area contributed by atoms with Gasteiger partial charge in [0.25, 0.3) is 0 Å². The second kappa shape index (κ2) is 4.41. The van der Waals surface area contributed by atoms with Gasteiger partial charge in [-0.3, -0.25) is 0 Å². The van der Waals surface area contributed by atoms with E-state index in [1.807, 2.05) is 0 Å². The predicted octanol–water partition coefficient (Wildman–Crippen LogP) is 1.73. The molecule has 0 amide bonds. The Morgan fingerprint density at radius 3 is 2.65 bits per heavy atom. The van der Waals surface area contributed by atoms with Crippen molar-refractivity contribution in [2.24, 2.45) is 5.73 Å². The largest absolute Gasteiger partial charge is 0.373 e. The van der Waals surface area contributed by atoms with Crippen molar-refractivity contribution >= 4 is 0 Å². The maximum absolute atomic E-state index is 6.28. The van der Waals surface area contributed by atoms with E-state index in [1.54, 1.807) is 0 Å². The molecule has 0 radical (unpaired) electrons. The molecule has 0 aliphatic carbocycles. The lowest BCUT2D eigenvalue weighted by Crippen LogP contribution is -2.16. The average molecular weight is 233 g/mol. The lowest BCUT2D eigenvalue weighted by atomic mass is 9.91. The molecule has 2 saturated heterocycles. The van der Waals surface area contributed by atoms with E-state index >= 15 is 0 Å². The van der Waals surface area contributed by atoms with Crippen molar-refractivity contribution in [2.45, 2.75) is 38.0 Å². The summed E-state index contributed by atoms with van der Waals surface area (Å²) in [4.78, 5) is 0. The van der Waals surface area contributed by atoms with Crippen LogP contribution < -0.4 is 5.73 Å². The molecular weight excluding hydrogens is 214 g/mol. The highest BCUT2D eigenvalue weighted by atomic mass is 16.6. The Hall–Kier alpha value is -0.900. The molecule has 1 aromatic rings. The summed E-state index contributed by atoms with van der Waals surface area (Å²) in [5.74, 6) is 0. The van der Waals surface area contributed by atoms with Gasteiger partial charge in [-0.05, 0) is 30.0 Å². The molecule has 1 aromatic carbocycles. The Morgan fingerprint density at radius 2 is 2.00 bits per heavy atom. The molecule has 3 unspecified atom stereocenters. The van der Waals surface area contributed by atoms with Gasteiger partial charge in [0.05, 0.1) is 25.4 Å². The van der Waals surface area contributed by atoms with Crippen LogP contribution in [0.25, 0.3) is 0 Å². The molecule has 3 rings (SSSR count). The first-order chi connectivity index (χ1) is 8.24. The minimum atomic E-state index is 0.0937. The number of rotatable bonds is 5. The summed E-state index contributed by atoms with van der Waals surface area (Å²) in [6.45, 7) is 3.93. The number of hydrogen-bond acceptors (Lipinski definition) is 3. The molecule has 2 aliphatic heterocycles. The van der Waals surface area contributed by atoms with Crippen LogP contribution in [0.4, 0.5) is 0 Å². The summed E-state index contributed by atoms with van der Waals surface area (Å²) < 4.78 is 10.6. The first-order valence-corrected chi connectivity index (χ1v) is 6.31. The maximum Gasteiger partial charge on any atom is 0.0850 e. The molecule has 3 heteroatoms. The number of hydrogen-bond donors (Lipinski definition) is 1. The van der Waals surface area contributed by atoms with Gasteiger partial charge in [-0.1, -0.05) is 18.2 Å². The summed E-state index contributed by atoms with van der Waals surface area (Å²) in [6.07, 6.45) is 2.73. The molecule has 0 saturated carbocycles. The summed E-state index contributed by atoms with van der Waals surface area (Å²) in [5, 5.41) is 0. The number of aryl methyl sites for hydroxylation is 1. The molecule has 2 N–H and O–H groups in total. The van der Waals surface area contributed by atoms with Gasteiger partial charge in [0.1, 0.15) is 0 Å². The van der Waals surface area contributed by atoms with Crippen molar-refractivity contribution in [3.63, 3.8) is 0 Å². The first kappa shape index (κ1) is 11.2. The molecule has 0 spiro atoms. The highest BCUT2D eigenvalue weighted by Gasteiger charge is 2.29. The maximum atomic E-state index is 6.28. The van der Waals surface area contributed by atoms with E-state index in [1.165, 1.54) is 16.7 Å². The Kier molecular flexibility index (Phi) is 2.90. The Bertz CT molecular complexity index is 411. The fourth-order valence-corrected chi connectivity index (χ4v) is 2.38. The third-order valence-corrected chi connectivity index (χ3v) is 3.60. The van der Waals surface area contributed by atoms with Crippen molar-refractivity contribution in [1.82, 2.24) is 0 Å². The Labute approximate surface area is 102 Å². The zero-order valence-electron chi connectivity index (χ0n) is 10.2. The normalized spacial score (nSPS) is 27.9. The van der Waals surface area contributed by atoms with Gasteiger partial charge in [-0.25, -0.2) is 0 Å². The van der Waals surface area contributed by atoms with Crippen LogP contribution in [0.2, 0.25) is 0 Å². The van der Waals surface area contributed by atoms with Crippen LogP contribution >= 0.6 is 0 Å². The van der Waals surface area contributed by atoms with E-state index in [2.05, 4.69) is 25.1 Å². The molecule has 3 nitrogen and oxygen atoms in total. The molecule has 0 bridgehead atoms. The molecule has 17 heavy (non-hydrogen) atoms. The Morgan fingerprint density at radius 1 is 1.29 bits per heavy atom. The van der Waals surface area contributed by atoms with Crippen molar-refractivity contribution in [3.8, 4) is 0 Å². The second-order valence-electron chi connectivity index (χ2n) is 5.10. The highest BCUT2D eigenvalue weighted by Crippen LogP contribution is 2.29. The number of nitrogens with two attached hydrogens (primary N) is 1. The fraction of sp³-hybridized carbons (Fsp3) is 0.571. The van der Waals surface area contributed by atoms with Crippen LogP contribution in [0.1, 0.15) is 29.2 Å². The van der Waals surface area contributed by atoms with Crippen molar-refractivity contribution in [3.05, 3.63) is 34.9 Å². The zero-order chi connectivity index (χ0) is 11.8. The molecule has 3 atom stereocenters. The standard InChI is InChI=1S/C14H19NO2/c1-9-3-2-4-12(13(9)5-10-7-16-10)14(15)6-11-8-17-11/h2-4,10-11,14H,5-8,15H2,1H3. The lowest BCUT2D eigenvalue weighted by molar-refractivity contribution is 0.380. The monoisotopic (exact) mass is 233 g/mol. The van der Waals surface area contributed by atoms with E-state index in [9.17, 15) is 0 Å². The first-order valence-electron chi connectivity index (χ1n) is 6.31. The molecule has 2 fully saturated rings. The van der Waals surface area contributed by atoms with Gasteiger partial charge >= 0.3 is 0 Å². The van der Waals surface area contributed by atoms with E-state index in [-0.39, 0.29) is 6.04 Å². The van der Waals surface area contributed by atoms with Crippen LogP contribution in [-0.4, -0.2) is 25.4 Å². The van der Waals surface area contributed by atoms with Gasteiger partial charge in [-0.2, -0.15) is 0 Å². The van der Waals surface area contributed by atoms with Crippen LogP contribution in [0.3, 0.4) is 0 Å². The van der Waals surface area contributed by atoms with Crippen molar-refractivity contribution in [2.75, 3.05) is 13.2 Å². The van der Waals surface area contributed by atoms with Crippen LogP contribution in [0.15, 0.2) is 18.2 Å². The molecule has 0 aromatic heterocycles. The SMILES string of the molecule is Cc1cccc(C(N)CC2CO2)c1CC1CO1. The minimum absolute atomic E-state index is 0.0937. The summed E-state index contributed by atoms with van der Waals surface area (Å²) >= 11 is 0. The van der Waals surface area contributed by atoms with Crippen molar-refractivity contribution < 1.29 is 9.47 Å². The minimum Gasteiger partial charge on any atom is -0.373 e. The van der Waals surface area contributed by atoms with E-state index in [4.69, 9.17) is 15.2 Å². The van der Waals surface area contributed by atoms with E-state index in [0.717, 1.165) is 26.1 Å². The summed E-state index contributed by atoms with van der Waals surface area (Å²) in [6, 6.07) is 6.49. The molecule has 2 heterocycles. The van der Waals surface area contributed by atoms with Crippen LogP contribution in [0.5, 0.6) is 0 Å². The third-order valence-electron chi connectivity index (χ3n) is 3.60. The third kappa shape index (κ3) is 2.68. The quantitative estimate of drug-likeness (QED) is 0.788. The number of ether oxygens (including phenoxy) is 2. The van der Waals surface area contributed by atoms with Gasteiger partial charge in [0.2, 0.25) is 0 Å². The Balaban J connectivity index is 1.81. The summed E-state index contributed by atoms with van der Waals surface area (Å²) in [5.41, 5.74) is 10.3. The highest BCUT2D eigenvalue weighted by molar-refractivity contribution is 5.37. The average Bonchev–Trinajstić information content (AvgIpc) is 3.15. The predicted molar refractivity (Wildman–Crippen MR) is 65.9 cm³/mol. The van der Waals surface area contributed by atoms with Crippen LogP contribution in [-0.2, 0) is 15.9 Å². The van der Waals surface area contributed by atoms with Gasteiger partial charge in [0.15, 0.2) is 0 Å². The number of benzene rings is 1. The van der Waals surface area contributed by atoms with Gasteiger partial charge in [0, 0.05) is 12.5 Å². The number of epoxide rings is 2. The van der Waals surface area contributed by atoms with Crippen LogP contribution in [0, 0.1) is 6.92 Å². The lowest BCUT2D eigenvalue weighted by Gasteiger charge is -2.17. The molecular formula is C14H19NO2. The van der Waals surface area contributed by atoms with Gasteiger partial charge in [-0.15, -0.1) is 0 Å². The van der Waals surface area contributed by atoms with E-state index in [0.29, 0.717) is 12.2 Å². The van der Waals surface area contributed by atoms with Gasteiger partial charge < -0.3 is 15.2 Å². The topological polar surface area (TPSA) is 51.1 Å². The smallest absolute Gasteiger partial charge is 0.0850 e. The summed E-state index contributed by atoms with van der Waals surface area (Å²) in [7, 11) is 0. The van der Waals surface area contributed by atoms with E-state index < -0.39 is 0 Å². The molecule has 92 valence electrons. The fourth-order valence-electron chi connectivity index (χ4n) is 2.38. The second-order valence-corrected chi connectivity index (χ2v) is 5.10.